The Morgan fingerprint density at radius 1 is 0.941 bits per heavy atom. The number of hydrogen-bond acceptors (Lipinski definition) is 8. The fourth-order valence-corrected chi connectivity index (χ4v) is 4.07. The molecule has 0 aliphatic heterocycles. The van der Waals surface area contributed by atoms with Crippen molar-refractivity contribution in [2.45, 2.75) is 11.4 Å². The lowest BCUT2D eigenvalue weighted by atomic mass is 10.1. The molecule has 2 aromatic heterocycles. The van der Waals surface area contributed by atoms with E-state index in [1.165, 1.54) is 42.7 Å². The van der Waals surface area contributed by atoms with Crippen molar-refractivity contribution in [1.82, 2.24) is 19.7 Å². The lowest BCUT2D eigenvalue weighted by Crippen LogP contribution is -2.32. The number of amides is 2. The second-order valence-corrected chi connectivity index (χ2v) is 8.65. The van der Waals surface area contributed by atoms with E-state index in [1.54, 1.807) is 24.3 Å². The molecule has 12 nitrogen and oxygen atoms in total. The first-order chi connectivity index (χ1) is 16.2. The Labute approximate surface area is 192 Å². The summed E-state index contributed by atoms with van der Waals surface area (Å²) in [5.74, 6) is -1.54. The topological polar surface area (TPSA) is 179 Å². The number of rotatable bonds is 7. The van der Waals surface area contributed by atoms with Crippen molar-refractivity contribution in [3.05, 3.63) is 83.0 Å². The lowest BCUT2D eigenvalue weighted by molar-refractivity contribution is -0.117. The van der Waals surface area contributed by atoms with E-state index in [4.69, 9.17) is 5.73 Å². The third kappa shape index (κ3) is 4.73. The van der Waals surface area contributed by atoms with Crippen LogP contribution in [-0.2, 0) is 21.4 Å². The fraction of sp³-hybridized carbons (Fsp3) is 0.0476. The highest BCUT2D eigenvalue weighted by Crippen LogP contribution is 2.17. The zero-order chi connectivity index (χ0) is 24.3. The molecule has 0 unspecified atom stereocenters. The first-order valence-electron chi connectivity index (χ1n) is 9.74. The van der Waals surface area contributed by atoms with Crippen molar-refractivity contribution in [3.63, 3.8) is 0 Å². The van der Waals surface area contributed by atoms with Gasteiger partial charge in [0.2, 0.25) is 11.9 Å². The van der Waals surface area contributed by atoms with Gasteiger partial charge in [0.1, 0.15) is 6.54 Å². The Morgan fingerprint density at radius 2 is 1.59 bits per heavy atom. The van der Waals surface area contributed by atoms with Crippen LogP contribution in [0.4, 0.5) is 11.6 Å². The molecule has 4 aromatic rings. The zero-order valence-electron chi connectivity index (χ0n) is 17.4. The van der Waals surface area contributed by atoms with Crippen molar-refractivity contribution >= 4 is 44.2 Å². The van der Waals surface area contributed by atoms with E-state index in [1.807, 2.05) is 0 Å². The van der Waals surface area contributed by atoms with Crippen LogP contribution >= 0.6 is 0 Å². The van der Waals surface area contributed by atoms with Crippen LogP contribution in [0.5, 0.6) is 0 Å². The maximum atomic E-state index is 12.7. The van der Waals surface area contributed by atoms with Gasteiger partial charge >= 0.3 is 0 Å². The molecule has 0 fully saturated rings. The molecule has 2 amide bonds. The summed E-state index contributed by atoms with van der Waals surface area (Å²) in [5, 5.41) is 6.98. The van der Waals surface area contributed by atoms with Gasteiger partial charge in [0.05, 0.1) is 10.3 Å². The van der Waals surface area contributed by atoms with E-state index >= 15 is 0 Å². The molecule has 172 valence electrons. The van der Waals surface area contributed by atoms with Crippen LogP contribution in [0.2, 0.25) is 0 Å². The smallest absolute Gasteiger partial charge is 0.275 e. The summed E-state index contributed by atoms with van der Waals surface area (Å²) in [5.41, 5.74) is 4.96. The number of primary amides is 1. The van der Waals surface area contributed by atoms with E-state index in [0.29, 0.717) is 5.39 Å². The lowest BCUT2D eigenvalue weighted by Gasteiger charge is -2.10. The van der Waals surface area contributed by atoms with E-state index in [0.717, 1.165) is 4.68 Å². The third-order valence-corrected chi connectivity index (χ3v) is 5.98. The van der Waals surface area contributed by atoms with Crippen molar-refractivity contribution < 1.29 is 18.0 Å². The largest absolute Gasteiger partial charge is 0.364 e. The quantitative estimate of drug-likeness (QED) is 0.347. The molecule has 4 rings (SSSR count). The van der Waals surface area contributed by atoms with Gasteiger partial charge in [0, 0.05) is 23.5 Å². The van der Waals surface area contributed by atoms with Gasteiger partial charge in [-0.25, -0.2) is 27.8 Å². The van der Waals surface area contributed by atoms with E-state index in [2.05, 4.69) is 25.1 Å². The number of hydrogen-bond donors (Lipinski definition) is 3. The van der Waals surface area contributed by atoms with Gasteiger partial charge in [0.25, 0.3) is 21.5 Å². The summed E-state index contributed by atoms with van der Waals surface area (Å²) < 4.78 is 28.0. The Bertz CT molecular complexity index is 1550. The van der Waals surface area contributed by atoms with E-state index < -0.39 is 33.9 Å². The number of nitrogens with two attached hydrogens (primary N) is 1. The van der Waals surface area contributed by atoms with Crippen LogP contribution < -0.4 is 21.3 Å². The van der Waals surface area contributed by atoms with Crippen molar-refractivity contribution in [2.75, 3.05) is 10.0 Å². The Balaban J connectivity index is 1.51. The van der Waals surface area contributed by atoms with Gasteiger partial charge in [-0.1, -0.05) is 18.2 Å². The van der Waals surface area contributed by atoms with E-state index in [-0.39, 0.29) is 27.6 Å². The van der Waals surface area contributed by atoms with Crippen LogP contribution in [0.1, 0.15) is 10.5 Å². The molecule has 0 bridgehead atoms. The normalized spacial score (nSPS) is 11.2. The molecule has 0 aliphatic carbocycles. The predicted molar refractivity (Wildman–Crippen MR) is 122 cm³/mol. The van der Waals surface area contributed by atoms with Gasteiger partial charge < -0.3 is 11.1 Å². The number of anilines is 2. The summed E-state index contributed by atoms with van der Waals surface area (Å²) in [4.78, 5) is 44.5. The first-order valence-corrected chi connectivity index (χ1v) is 11.2. The molecule has 13 heteroatoms. The highest BCUT2D eigenvalue weighted by Gasteiger charge is 2.17. The summed E-state index contributed by atoms with van der Waals surface area (Å²) >= 11 is 0. The van der Waals surface area contributed by atoms with Gasteiger partial charge in [-0.05, 0) is 36.4 Å². The average Bonchev–Trinajstić information content (AvgIpc) is 2.81. The van der Waals surface area contributed by atoms with Crippen molar-refractivity contribution in [1.29, 1.82) is 0 Å². The summed E-state index contributed by atoms with van der Waals surface area (Å²) in [6.45, 7) is -0.489. The van der Waals surface area contributed by atoms with Crippen LogP contribution in [0.25, 0.3) is 10.8 Å². The standard InChI is InChI=1S/C21H17N7O5S/c22-19(30)18-15-4-1-2-5-16(15)20(31)28(26-18)12-17(29)25-13-6-8-14(9-7-13)34(32,33)27-21-23-10-3-11-24-21/h1-11H,12H2,(H2,22,30)(H,25,29)(H,23,24,27). The number of nitrogens with zero attached hydrogens (tertiary/aromatic N) is 4. The zero-order valence-corrected chi connectivity index (χ0v) is 18.2. The molecule has 0 atom stereocenters. The molecular formula is C21H17N7O5S. The Kier molecular flexibility index (Phi) is 6.01. The third-order valence-electron chi connectivity index (χ3n) is 4.63. The van der Waals surface area contributed by atoms with E-state index in [9.17, 15) is 22.8 Å². The number of aromatic nitrogens is 4. The van der Waals surface area contributed by atoms with Gasteiger partial charge in [-0.2, -0.15) is 5.10 Å². The maximum Gasteiger partial charge on any atom is 0.275 e. The highest BCUT2D eigenvalue weighted by atomic mass is 32.2. The Hall–Kier alpha value is -4.65. The number of nitrogens with one attached hydrogen (secondary N) is 2. The SMILES string of the molecule is NC(=O)c1nn(CC(=O)Nc2ccc(S(=O)(=O)Nc3ncccn3)cc2)c(=O)c2ccccc12. The summed E-state index contributed by atoms with van der Waals surface area (Å²) in [6, 6.07) is 13.2. The van der Waals surface area contributed by atoms with Gasteiger partial charge in [-0.15, -0.1) is 0 Å². The number of fused-ring (bicyclic) bond motifs is 1. The van der Waals surface area contributed by atoms with Crippen LogP contribution in [-0.4, -0.2) is 40.0 Å². The molecule has 0 aliphatic rings. The molecule has 4 N–H and O–H groups in total. The van der Waals surface area contributed by atoms with Crippen LogP contribution in [0.15, 0.2) is 76.7 Å². The minimum Gasteiger partial charge on any atom is -0.364 e. The van der Waals surface area contributed by atoms with Crippen LogP contribution in [0.3, 0.4) is 0 Å². The number of sulfonamides is 1. The Morgan fingerprint density at radius 3 is 2.24 bits per heavy atom. The van der Waals surface area contributed by atoms with Crippen LogP contribution in [0, 0.1) is 0 Å². The van der Waals surface area contributed by atoms with Gasteiger partial charge in [-0.3, -0.25) is 14.4 Å². The molecule has 0 spiro atoms. The summed E-state index contributed by atoms with van der Waals surface area (Å²) in [7, 11) is -3.93. The second kappa shape index (κ2) is 9.07. The molecule has 2 aromatic carbocycles. The van der Waals surface area contributed by atoms with Crippen molar-refractivity contribution in [2.24, 2.45) is 5.73 Å². The minimum absolute atomic E-state index is 0.0727. The predicted octanol–water partition coefficient (Wildman–Crippen LogP) is 0.725. The maximum absolute atomic E-state index is 12.7. The molecule has 0 saturated heterocycles. The van der Waals surface area contributed by atoms with Gasteiger partial charge in [0.15, 0.2) is 5.69 Å². The molecule has 0 radical (unpaired) electrons. The fourth-order valence-electron chi connectivity index (χ4n) is 3.11. The monoisotopic (exact) mass is 479 g/mol. The molecule has 34 heavy (non-hydrogen) atoms. The first kappa shape index (κ1) is 22.5. The molecule has 2 heterocycles. The average molecular weight is 479 g/mol. The number of carbonyl (C=O) groups is 2. The molecular weight excluding hydrogens is 462 g/mol. The summed E-state index contributed by atoms with van der Waals surface area (Å²) in [6.07, 6.45) is 2.79. The second-order valence-electron chi connectivity index (χ2n) is 6.97. The van der Waals surface area contributed by atoms with Crippen molar-refractivity contribution in [3.8, 4) is 0 Å². The number of benzene rings is 2. The highest BCUT2D eigenvalue weighted by molar-refractivity contribution is 7.92. The molecule has 0 saturated carbocycles. The minimum atomic E-state index is -3.93. The number of carbonyl (C=O) groups excluding carboxylic acids is 2.